The third kappa shape index (κ3) is 4.07. The van der Waals surface area contributed by atoms with Crippen molar-refractivity contribution in [2.45, 2.75) is 32.9 Å². The van der Waals surface area contributed by atoms with Crippen molar-refractivity contribution in [2.75, 3.05) is 30.4 Å². The van der Waals surface area contributed by atoms with Crippen LogP contribution in [0.4, 0.5) is 17.5 Å². The smallest absolute Gasteiger partial charge is 0.246 e. The average molecular weight is 444 g/mol. The molecule has 0 saturated carbocycles. The van der Waals surface area contributed by atoms with Gasteiger partial charge < -0.3 is 15.1 Å². The Kier molecular flexibility index (Phi) is 5.81. The molecule has 4 heterocycles. The van der Waals surface area contributed by atoms with Gasteiger partial charge in [0.2, 0.25) is 11.9 Å². The van der Waals surface area contributed by atoms with E-state index in [0.717, 1.165) is 25.2 Å². The summed E-state index contributed by atoms with van der Waals surface area (Å²) in [5.41, 5.74) is 1.32. The lowest BCUT2D eigenvalue weighted by Crippen LogP contribution is -2.52. The Balaban J connectivity index is 1.70. The van der Waals surface area contributed by atoms with E-state index in [2.05, 4.69) is 44.0 Å². The Bertz CT molecular complexity index is 1110. The molecule has 3 aromatic rings. The number of piperidine rings is 1. The fourth-order valence-corrected chi connectivity index (χ4v) is 4.17. The molecule has 0 radical (unpaired) electrons. The van der Waals surface area contributed by atoms with Crippen LogP contribution in [0.15, 0.2) is 25.0 Å². The van der Waals surface area contributed by atoms with Gasteiger partial charge >= 0.3 is 0 Å². The zero-order chi connectivity index (χ0) is 22.1. The Morgan fingerprint density at radius 2 is 2.29 bits per heavy atom. The Hall–Kier alpha value is -3.14. The predicted molar refractivity (Wildman–Crippen MR) is 121 cm³/mol. The number of hydrogen-bond acceptors (Lipinski definition) is 7. The first-order valence-corrected chi connectivity index (χ1v) is 10.6. The number of rotatable bonds is 6. The summed E-state index contributed by atoms with van der Waals surface area (Å²) in [5, 5.41) is 15.4. The lowest BCUT2D eigenvalue weighted by Gasteiger charge is -2.42. The summed E-state index contributed by atoms with van der Waals surface area (Å²) < 4.78 is 1.82. The molecule has 3 aromatic heterocycles. The number of anilines is 3. The molecule has 0 unspecified atom stereocenters. The molecule has 10 nitrogen and oxygen atoms in total. The topological polar surface area (TPSA) is 108 Å². The summed E-state index contributed by atoms with van der Waals surface area (Å²) in [6.07, 6.45) is 5.87. The molecule has 164 valence electrons. The van der Waals surface area contributed by atoms with Crippen LogP contribution in [0.25, 0.3) is 11.0 Å². The van der Waals surface area contributed by atoms with Crippen LogP contribution < -0.4 is 10.2 Å². The highest BCUT2D eigenvalue weighted by atomic mass is 35.5. The van der Waals surface area contributed by atoms with Gasteiger partial charge in [0.05, 0.1) is 17.9 Å². The lowest BCUT2D eigenvalue weighted by molar-refractivity contribution is -0.127. The Morgan fingerprint density at radius 1 is 1.48 bits per heavy atom. The van der Waals surface area contributed by atoms with Crippen molar-refractivity contribution in [3.63, 3.8) is 0 Å². The highest BCUT2D eigenvalue weighted by molar-refractivity contribution is 6.35. The second-order valence-corrected chi connectivity index (χ2v) is 8.11. The van der Waals surface area contributed by atoms with Crippen molar-refractivity contribution < 1.29 is 4.79 Å². The van der Waals surface area contributed by atoms with E-state index < -0.39 is 0 Å². The largest absolute Gasteiger partial charge is 0.354 e. The summed E-state index contributed by atoms with van der Waals surface area (Å²) in [6, 6.07) is 0.0532. The zero-order valence-corrected chi connectivity index (χ0v) is 18.6. The molecule has 4 rings (SSSR count). The first-order valence-electron chi connectivity index (χ1n) is 10.3. The van der Waals surface area contributed by atoms with Gasteiger partial charge in [-0.3, -0.25) is 14.6 Å². The van der Waals surface area contributed by atoms with Crippen molar-refractivity contribution >= 4 is 46.0 Å². The summed E-state index contributed by atoms with van der Waals surface area (Å²) >= 11 is 6.37. The summed E-state index contributed by atoms with van der Waals surface area (Å²) in [7, 11) is 1.97. The first-order chi connectivity index (χ1) is 14.9. The molecule has 0 spiro atoms. The number of nitrogens with zero attached hydrogens (tertiary/aromatic N) is 7. The molecule has 1 aliphatic rings. The first kappa shape index (κ1) is 21.1. The quantitative estimate of drug-likeness (QED) is 0.564. The van der Waals surface area contributed by atoms with Gasteiger partial charge in [0.25, 0.3) is 0 Å². The Morgan fingerprint density at radius 3 is 3.00 bits per heavy atom. The molecule has 1 aliphatic heterocycles. The van der Waals surface area contributed by atoms with Crippen LogP contribution in [-0.2, 0) is 11.3 Å². The minimum absolute atomic E-state index is 0.0532. The van der Waals surface area contributed by atoms with Gasteiger partial charge in [-0.05, 0) is 25.3 Å². The van der Waals surface area contributed by atoms with E-state index >= 15 is 0 Å². The Labute approximate surface area is 185 Å². The monoisotopic (exact) mass is 443 g/mol. The molecule has 0 bridgehead atoms. The minimum atomic E-state index is -0.0604. The standard InChI is InChI=1S/C20H26ClN9O/c1-5-15(31)29-8-7-12(3)14(11-29)28(4)19-16-17(21)26-27-18(16)24-20(25-19)23-13-9-22-30(6-2)10-13/h5,9-10,12,14H,1,6-8,11H2,2-4H3,(H2,23,24,25,26,27)/t12-,14+/m1/s1. The van der Waals surface area contributed by atoms with Crippen LogP contribution in [0.3, 0.4) is 0 Å². The molecule has 2 atom stereocenters. The van der Waals surface area contributed by atoms with Gasteiger partial charge in [-0.15, -0.1) is 0 Å². The van der Waals surface area contributed by atoms with Gasteiger partial charge in [0.1, 0.15) is 11.2 Å². The number of halogens is 1. The molecule has 0 aliphatic carbocycles. The number of amides is 1. The van der Waals surface area contributed by atoms with Gasteiger partial charge in [0, 0.05) is 32.9 Å². The number of H-pyrrole nitrogens is 1. The van der Waals surface area contributed by atoms with Crippen molar-refractivity contribution in [2.24, 2.45) is 5.92 Å². The highest BCUT2D eigenvalue weighted by Gasteiger charge is 2.33. The molecule has 2 N–H and O–H groups in total. The van der Waals surface area contributed by atoms with Gasteiger partial charge in [0.15, 0.2) is 10.8 Å². The van der Waals surface area contributed by atoms with Crippen molar-refractivity contribution in [3.05, 3.63) is 30.2 Å². The maximum absolute atomic E-state index is 12.2. The van der Waals surface area contributed by atoms with Crippen LogP contribution in [0.1, 0.15) is 20.3 Å². The number of likely N-dealkylation sites (N-methyl/N-ethyl adjacent to an activating group) is 1. The SMILES string of the molecule is C=CC(=O)N1CC[C@@H](C)[C@@H](N(C)c2nc(Nc3cnn(CC)c3)nc3[nH]nc(Cl)c23)C1. The van der Waals surface area contributed by atoms with E-state index in [1.807, 2.05) is 29.7 Å². The number of likely N-dealkylation sites (tertiary alicyclic amines) is 1. The summed E-state index contributed by atoms with van der Waals surface area (Å²) in [5.74, 6) is 1.36. The number of aromatic amines is 1. The maximum Gasteiger partial charge on any atom is 0.246 e. The van der Waals surface area contributed by atoms with E-state index in [0.29, 0.717) is 40.4 Å². The van der Waals surface area contributed by atoms with E-state index in [9.17, 15) is 4.79 Å². The van der Waals surface area contributed by atoms with Crippen LogP contribution in [0.5, 0.6) is 0 Å². The number of fused-ring (bicyclic) bond motifs is 1. The molecular weight excluding hydrogens is 418 g/mol. The second-order valence-electron chi connectivity index (χ2n) is 7.75. The van der Waals surface area contributed by atoms with E-state index in [-0.39, 0.29) is 11.9 Å². The van der Waals surface area contributed by atoms with Gasteiger partial charge in [-0.2, -0.15) is 20.2 Å². The number of carbonyl (C=O) groups is 1. The number of hydrogen-bond donors (Lipinski definition) is 2. The zero-order valence-electron chi connectivity index (χ0n) is 17.8. The van der Waals surface area contributed by atoms with Crippen molar-refractivity contribution in [1.29, 1.82) is 0 Å². The number of aryl methyl sites for hydroxylation is 1. The van der Waals surface area contributed by atoms with Crippen LogP contribution in [-0.4, -0.2) is 66.9 Å². The van der Waals surface area contributed by atoms with E-state index in [1.165, 1.54) is 6.08 Å². The summed E-state index contributed by atoms with van der Waals surface area (Å²) in [6.45, 7) is 9.89. The van der Waals surface area contributed by atoms with Crippen molar-refractivity contribution in [1.82, 2.24) is 34.8 Å². The second kappa shape index (κ2) is 8.54. The molecular formula is C20H26ClN9O. The van der Waals surface area contributed by atoms with Crippen LogP contribution >= 0.6 is 11.6 Å². The average Bonchev–Trinajstić information content (AvgIpc) is 3.39. The number of aromatic nitrogens is 6. The third-order valence-corrected chi connectivity index (χ3v) is 6.08. The lowest BCUT2D eigenvalue weighted by atomic mass is 9.92. The number of nitrogens with one attached hydrogen (secondary N) is 2. The molecule has 1 saturated heterocycles. The number of carbonyl (C=O) groups excluding carboxylic acids is 1. The molecule has 11 heteroatoms. The van der Waals surface area contributed by atoms with Gasteiger partial charge in [-0.1, -0.05) is 25.1 Å². The van der Waals surface area contributed by atoms with Gasteiger partial charge in [-0.25, -0.2) is 0 Å². The fraction of sp³-hybridized carbons (Fsp3) is 0.450. The normalized spacial score (nSPS) is 18.9. The third-order valence-electron chi connectivity index (χ3n) is 5.81. The van der Waals surface area contributed by atoms with E-state index in [4.69, 9.17) is 16.6 Å². The van der Waals surface area contributed by atoms with E-state index in [1.54, 1.807) is 6.20 Å². The molecule has 1 amide bonds. The predicted octanol–water partition coefficient (Wildman–Crippen LogP) is 2.83. The fourth-order valence-electron chi connectivity index (χ4n) is 3.96. The van der Waals surface area contributed by atoms with Crippen molar-refractivity contribution in [3.8, 4) is 0 Å². The maximum atomic E-state index is 12.2. The molecule has 31 heavy (non-hydrogen) atoms. The molecule has 0 aromatic carbocycles. The summed E-state index contributed by atoms with van der Waals surface area (Å²) in [4.78, 5) is 25.4. The molecule has 1 fully saturated rings. The van der Waals surface area contributed by atoms with Crippen LogP contribution in [0.2, 0.25) is 5.15 Å². The van der Waals surface area contributed by atoms with Crippen LogP contribution in [0, 0.1) is 5.92 Å². The minimum Gasteiger partial charge on any atom is -0.354 e. The highest BCUT2D eigenvalue weighted by Crippen LogP contribution is 2.33.